The van der Waals surface area contributed by atoms with Crippen molar-refractivity contribution in [2.75, 3.05) is 20.2 Å². The van der Waals surface area contributed by atoms with Crippen LogP contribution in [0, 0.1) is 17.8 Å². The van der Waals surface area contributed by atoms with Gasteiger partial charge in [-0.15, -0.1) is 12.3 Å². The largest absolute Gasteiger partial charge is 0.468 e. The Morgan fingerprint density at radius 2 is 2.45 bits per heavy atom. The highest BCUT2D eigenvalue weighted by molar-refractivity contribution is 5.79. The molecule has 1 aliphatic heterocycles. The molecular weight excluding hydrogens is 142 g/mol. The molecule has 1 aliphatic rings. The molecule has 0 saturated carbocycles. The quantitative estimate of drug-likeness (QED) is 0.440. The van der Waals surface area contributed by atoms with Crippen molar-refractivity contribution in [3.05, 3.63) is 0 Å². The minimum Gasteiger partial charge on any atom is -0.468 e. The fourth-order valence-corrected chi connectivity index (χ4v) is 1.18. The highest BCUT2D eigenvalue weighted by Crippen LogP contribution is 2.27. The fourth-order valence-electron chi connectivity index (χ4n) is 1.18. The predicted molar refractivity (Wildman–Crippen MR) is 40.8 cm³/mol. The Balaban J connectivity index is 2.61. The van der Waals surface area contributed by atoms with Gasteiger partial charge in [-0.1, -0.05) is 0 Å². The van der Waals surface area contributed by atoms with Crippen LogP contribution < -0.4 is 5.32 Å². The number of carbonyl (C=O) groups excluding carboxylic acids is 1. The molecule has 0 spiro atoms. The van der Waals surface area contributed by atoms with E-state index in [9.17, 15) is 4.79 Å². The second-order valence-corrected chi connectivity index (χ2v) is 2.76. The lowest BCUT2D eigenvalue weighted by atomic mass is 9.79. The third-order valence-electron chi connectivity index (χ3n) is 1.99. The molecule has 1 rings (SSSR count). The maximum Gasteiger partial charge on any atom is 0.315 e. The van der Waals surface area contributed by atoms with Crippen molar-refractivity contribution < 1.29 is 9.53 Å². The van der Waals surface area contributed by atoms with Crippen molar-refractivity contribution in [3.8, 4) is 12.3 Å². The summed E-state index contributed by atoms with van der Waals surface area (Å²) in [5, 5.41) is 3.01. The van der Waals surface area contributed by atoms with Crippen LogP contribution in [0.25, 0.3) is 0 Å². The maximum atomic E-state index is 11.1. The van der Waals surface area contributed by atoms with Gasteiger partial charge in [0.2, 0.25) is 0 Å². The van der Waals surface area contributed by atoms with Crippen molar-refractivity contribution >= 4 is 5.97 Å². The van der Waals surface area contributed by atoms with Crippen LogP contribution >= 0.6 is 0 Å². The van der Waals surface area contributed by atoms with Crippen molar-refractivity contribution in [3.63, 3.8) is 0 Å². The summed E-state index contributed by atoms with van der Waals surface area (Å²) in [6.45, 7) is 1.29. The maximum absolute atomic E-state index is 11.1. The first-order valence-corrected chi connectivity index (χ1v) is 3.48. The van der Waals surface area contributed by atoms with Crippen LogP contribution in [0.5, 0.6) is 0 Å². The lowest BCUT2D eigenvalue weighted by molar-refractivity contribution is -0.155. The summed E-state index contributed by atoms with van der Waals surface area (Å²) >= 11 is 0. The highest BCUT2D eigenvalue weighted by atomic mass is 16.5. The second kappa shape index (κ2) is 2.93. The number of ether oxygens (including phenoxy) is 1. The Morgan fingerprint density at radius 3 is 2.73 bits per heavy atom. The van der Waals surface area contributed by atoms with E-state index in [4.69, 9.17) is 6.42 Å². The van der Waals surface area contributed by atoms with Crippen molar-refractivity contribution in [2.45, 2.75) is 6.42 Å². The molecule has 3 nitrogen and oxygen atoms in total. The fraction of sp³-hybridized carbons (Fsp3) is 0.625. The van der Waals surface area contributed by atoms with Gasteiger partial charge in [0.05, 0.1) is 7.11 Å². The minimum absolute atomic E-state index is 0.200. The third kappa shape index (κ3) is 1.22. The zero-order valence-corrected chi connectivity index (χ0v) is 6.52. The summed E-state index contributed by atoms with van der Waals surface area (Å²) in [6, 6.07) is 0. The monoisotopic (exact) mass is 153 g/mol. The minimum atomic E-state index is -0.427. The van der Waals surface area contributed by atoms with E-state index in [0.29, 0.717) is 19.5 Å². The molecule has 0 aromatic carbocycles. The predicted octanol–water partition coefficient (Wildman–Crippen LogP) is -0.228. The Labute approximate surface area is 66.1 Å². The number of nitrogens with one attached hydrogen (secondary N) is 1. The van der Waals surface area contributed by atoms with Gasteiger partial charge >= 0.3 is 5.97 Å². The summed E-state index contributed by atoms with van der Waals surface area (Å²) in [5.41, 5.74) is -0.427. The van der Waals surface area contributed by atoms with E-state index in [-0.39, 0.29) is 5.97 Å². The van der Waals surface area contributed by atoms with Crippen LogP contribution in [-0.4, -0.2) is 26.2 Å². The van der Waals surface area contributed by atoms with E-state index in [0.717, 1.165) is 0 Å². The van der Waals surface area contributed by atoms with Crippen molar-refractivity contribution in [1.29, 1.82) is 0 Å². The van der Waals surface area contributed by atoms with E-state index >= 15 is 0 Å². The number of hydrogen-bond acceptors (Lipinski definition) is 3. The summed E-state index contributed by atoms with van der Waals surface area (Å²) in [6.07, 6.45) is 5.60. The molecule has 0 bridgehead atoms. The van der Waals surface area contributed by atoms with Crippen molar-refractivity contribution in [1.82, 2.24) is 5.32 Å². The van der Waals surface area contributed by atoms with Gasteiger partial charge in [-0.05, 0) is 0 Å². The number of rotatable bonds is 2. The molecule has 1 saturated heterocycles. The Morgan fingerprint density at radius 1 is 1.82 bits per heavy atom. The topological polar surface area (TPSA) is 38.3 Å². The normalized spacial score (nSPS) is 19.6. The van der Waals surface area contributed by atoms with Crippen LogP contribution in [0.3, 0.4) is 0 Å². The second-order valence-electron chi connectivity index (χ2n) is 2.76. The molecule has 3 heteroatoms. The molecule has 0 aliphatic carbocycles. The van der Waals surface area contributed by atoms with E-state index in [1.54, 1.807) is 0 Å². The molecule has 0 aromatic heterocycles. The van der Waals surface area contributed by atoms with Gasteiger partial charge in [0.15, 0.2) is 0 Å². The summed E-state index contributed by atoms with van der Waals surface area (Å²) in [4.78, 5) is 11.1. The molecule has 1 N–H and O–H groups in total. The number of hydrogen-bond donors (Lipinski definition) is 1. The van der Waals surface area contributed by atoms with Crippen LogP contribution in [-0.2, 0) is 9.53 Å². The van der Waals surface area contributed by atoms with E-state index < -0.39 is 5.41 Å². The van der Waals surface area contributed by atoms with Gasteiger partial charge < -0.3 is 10.1 Å². The molecule has 1 fully saturated rings. The lowest BCUT2D eigenvalue weighted by Gasteiger charge is -2.38. The number of carbonyl (C=O) groups is 1. The first-order valence-electron chi connectivity index (χ1n) is 3.48. The summed E-state index contributed by atoms with van der Waals surface area (Å²) < 4.78 is 4.64. The zero-order valence-electron chi connectivity index (χ0n) is 6.52. The molecule has 1 heterocycles. The van der Waals surface area contributed by atoms with Crippen LogP contribution in [0.15, 0.2) is 0 Å². The standard InChI is InChI=1S/C8H11NO2/c1-3-4-8(5-9-6-8)7(10)11-2/h1,9H,4-6H2,2H3. The van der Waals surface area contributed by atoms with Crippen LogP contribution in [0.2, 0.25) is 0 Å². The first kappa shape index (κ1) is 8.09. The zero-order chi connectivity index (χ0) is 8.32. The van der Waals surface area contributed by atoms with Gasteiger partial charge in [-0.2, -0.15) is 0 Å². The highest BCUT2D eigenvalue weighted by Gasteiger charge is 2.44. The van der Waals surface area contributed by atoms with Gasteiger partial charge in [-0.3, -0.25) is 4.79 Å². The molecule has 60 valence electrons. The SMILES string of the molecule is C#CCC1(C(=O)OC)CNC1. The number of esters is 1. The van der Waals surface area contributed by atoms with E-state index in [1.807, 2.05) is 0 Å². The molecule has 0 amide bonds. The van der Waals surface area contributed by atoms with Gasteiger partial charge in [0.25, 0.3) is 0 Å². The van der Waals surface area contributed by atoms with Crippen LogP contribution in [0.1, 0.15) is 6.42 Å². The van der Waals surface area contributed by atoms with Gasteiger partial charge in [-0.25, -0.2) is 0 Å². The Bertz CT molecular complexity index is 201. The number of terminal acetylenes is 1. The molecule has 11 heavy (non-hydrogen) atoms. The average Bonchev–Trinajstić information content (AvgIpc) is 1.95. The Kier molecular flexibility index (Phi) is 2.16. The molecule has 0 unspecified atom stereocenters. The smallest absolute Gasteiger partial charge is 0.315 e. The summed E-state index contributed by atoms with van der Waals surface area (Å²) in [7, 11) is 1.39. The first-order chi connectivity index (χ1) is 5.25. The number of methoxy groups -OCH3 is 1. The van der Waals surface area contributed by atoms with Gasteiger partial charge in [0.1, 0.15) is 5.41 Å². The van der Waals surface area contributed by atoms with E-state index in [1.165, 1.54) is 7.11 Å². The Hall–Kier alpha value is -1.01. The molecule has 0 atom stereocenters. The van der Waals surface area contributed by atoms with Gasteiger partial charge in [0, 0.05) is 19.5 Å². The van der Waals surface area contributed by atoms with Crippen LogP contribution in [0.4, 0.5) is 0 Å². The van der Waals surface area contributed by atoms with Crippen molar-refractivity contribution in [2.24, 2.45) is 5.41 Å². The summed E-state index contributed by atoms with van der Waals surface area (Å²) in [5.74, 6) is 2.29. The molecule has 0 aromatic rings. The van der Waals surface area contributed by atoms with E-state index in [2.05, 4.69) is 16.0 Å². The molecular formula is C8H11NO2. The lowest BCUT2D eigenvalue weighted by Crippen LogP contribution is -2.58. The average molecular weight is 153 g/mol. The molecule has 0 radical (unpaired) electrons. The third-order valence-corrected chi connectivity index (χ3v) is 1.99.